The maximum Gasteiger partial charge on any atom is 0.0138 e. The first-order chi connectivity index (χ1) is 9.41. The number of hydrogen-bond acceptors (Lipinski definition) is 2. The summed E-state index contributed by atoms with van der Waals surface area (Å²) in [5.41, 5.74) is 6.53. The lowest BCUT2D eigenvalue weighted by molar-refractivity contribution is 0.0856. The predicted octanol–water partition coefficient (Wildman–Crippen LogP) is 3.90. The Balaban J connectivity index is 1.98. The molecule has 1 saturated carbocycles. The van der Waals surface area contributed by atoms with Crippen molar-refractivity contribution < 1.29 is 0 Å². The molecule has 1 aliphatic carbocycles. The van der Waals surface area contributed by atoms with E-state index in [4.69, 9.17) is 5.73 Å². The molecule has 1 heterocycles. The lowest BCUT2D eigenvalue weighted by Crippen LogP contribution is -2.47. The monoisotopic (exact) mass is 280 g/mol. The highest BCUT2D eigenvalue weighted by Crippen LogP contribution is 2.37. The van der Waals surface area contributed by atoms with Gasteiger partial charge in [0.1, 0.15) is 0 Å². The molecule has 118 valence electrons. The Morgan fingerprint density at radius 1 is 1.05 bits per heavy atom. The number of nitrogens with zero attached hydrogens (tertiary/aromatic N) is 1. The van der Waals surface area contributed by atoms with E-state index < -0.39 is 0 Å². The molecule has 2 rings (SSSR count). The Kier molecular flexibility index (Phi) is 5.53. The molecule has 0 amide bonds. The second-order valence-corrected chi connectivity index (χ2v) is 8.51. The Labute approximate surface area is 126 Å². The van der Waals surface area contributed by atoms with Gasteiger partial charge in [0, 0.05) is 6.04 Å². The van der Waals surface area contributed by atoms with Crippen molar-refractivity contribution in [2.24, 2.45) is 28.9 Å². The second kappa shape index (κ2) is 6.79. The molecule has 2 nitrogen and oxygen atoms in total. The van der Waals surface area contributed by atoms with Crippen molar-refractivity contribution in [2.75, 3.05) is 19.6 Å². The molecule has 0 bridgehead atoms. The normalized spacial score (nSPS) is 37.6. The van der Waals surface area contributed by atoms with E-state index >= 15 is 0 Å². The minimum absolute atomic E-state index is 0.475. The first-order valence-corrected chi connectivity index (χ1v) is 8.86. The average Bonchev–Trinajstić information content (AvgIpc) is 2.63. The molecule has 1 aliphatic heterocycles. The summed E-state index contributed by atoms with van der Waals surface area (Å²) in [7, 11) is 0. The van der Waals surface area contributed by atoms with Crippen LogP contribution in [0.2, 0.25) is 0 Å². The van der Waals surface area contributed by atoms with Crippen molar-refractivity contribution in [1.82, 2.24) is 4.90 Å². The maximum absolute atomic E-state index is 6.05. The number of rotatable bonds is 2. The van der Waals surface area contributed by atoms with Gasteiger partial charge in [-0.25, -0.2) is 0 Å². The summed E-state index contributed by atoms with van der Waals surface area (Å²) in [5, 5.41) is 0. The number of nitrogens with two attached hydrogens (primary N) is 1. The van der Waals surface area contributed by atoms with Gasteiger partial charge in [0.25, 0.3) is 0 Å². The summed E-state index contributed by atoms with van der Waals surface area (Å²) in [5.74, 6) is 2.53. The van der Waals surface area contributed by atoms with E-state index in [9.17, 15) is 0 Å². The van der Waals surface area contributed by atoms with Gasteiger partial charge in [0.15, 0.2) is 0 Å². The number of likely N-dealkylation sites (tertiary alicyclic amines) is 1. The van der Waals surface area contributed by atoms with Crippen LogP contribution >= 0.6 is 0 Å². The van der Waals surface area contributed by atoms with Crippen LogP contribution < -0.4 is 5.73 Å². The van der Waals surface area contributed by atoms with Crippen molar-refractivity contribution in [3.8, 4) is 0 Å². The summed E-state index contributed by atoms with van der Waals surface area (Å²) in [6.45, 7) is 13.2. The summed E-state index contributed by atoms with van der Waals surface area (Å²) in [6.07, 6.45) is 8.28. The number of hydrogen-bond donors (Lipinski definition) is 1. The molecule has 4 atom stereocenters. The van der Waals surface area contributed by atoms with E-state index in [1.54, 1.807) is 0 Å². The molecule has 2 heteroatoms. The first kappa shape index (κ1) is 16.3. The van der Waals surface area contributed by atoms with Crippen LogP contribution in [-0.2, 0) is 0 Å². The molecule has 20 heavy (non-hydrogen) atoms. The standard InChI is InChI=1S/C18H36N2/c1-14-7-8-15(13-19)17(12-14)20-10-5-6-16(9-11-20)18(2,3)4/h14-17H,5-13,19H2,1-4H3. The van der Waals surface area contributed by atoms with Crippen LogP contribution in [0, 0.1) is 23.2 Å². The van der Waals surface area contributed by atoms with Crippen LogP contribution in [0.5, 0.6) is 0 Å². The zero-order valence-electron chi connectivity index (χ0n) is 14.2. The SMILES string of the molecule is CC1CCC(CN)C(N2CCCC(C(C)(C)C)CC2)C1. The van der Waals surface area contributed by atoms with Crippen LogP contribution in [0.3, 0.4) is 0 Å². The first-order valence-electron chi connectivity index (χ1n) is 8.86. The van der Waals surface area contributed by atoms with Gasteiger partial charge in [-0.3, -0.25) is 0 Å². The van der Waals surface area contributed by atoms with Gasteiger partial charge in [-0.1, -0.05) is 34.1 Å². The van der Waals surface area contributed by atoms with Crippen LogP contribution in [0.15, 0.2) is 0 Å². The molecule has 0 aromatic heterocycles. The molecule has 0 aromatic rings. The van der Waals surface area contributed by atoms with E-state index in [-0.39, 0.29) is 0 Å². The topological polar surface area (TPSA) is 29.3 Å². The Morgan fingerprint density at radius 3 is 2.45 bits per heavy atom. The Morgan fingerprint density at radius 2 is 1.80 bits per heavy atom. The fourth-order valence-corrected chi connectivity index (χ4v) is 4.45. The highest BCUT2D eigenvalue weighted by molar-refractivity contribution is 4.88. The zero-order chi connectivity index (χ0) is 14.8. The highest BCUT2D eigenvalue weighted by atomic mass is 15.2. The maximum atomic E-state index is 6.05. The van der Waals surface area contributed by atoms with Gasteiger partial charge >= 0.3 is 0 Å². The molecule has 2 N–H and O–H groups in total. The molecule has 0 spiro atoms. The summed E-state index contributed by atoms with van der Waals surface area (Å²) in [4.78, 5) is 2.80. The van der Waals surface area contributed by atoms with Crippen LogP contribution in [0.25, 0.3) is 0 Å². The van der Waals surface area contributed by atoms with Crippen molar-refractivity contribution in [1.29, 1.82) is 0 Å². The summed E-state index contributed by atoms with van der Waals surface area (Å²) >= 11 is 0. The van der Waals surface area contributed by atoms with Gasteiger partial charge in [0.2, 0.25) is 0 Å². The molecule has 0 aromatic carbocycles. The molecule has 2 aliphatic rings. The highest BCUT2D eigenvalue weighted by Gasteiger charge is 2.34. The van der Waals surface area contributed by atoms with Crippen molar-refractivity contribution in [3.63, 3.8) is 0 Å². The van der Waals surface area contributed by atoms with Gasteiger partial charge in [-0.15, -0.1) is 0 Å². The third-order valence-corrected chi connectivity index (χ3v) is 5.98. The average molecular weight is 280 g/mol. The summed E-state index contributed by atoms with van der Waals surface area (Å²) in [6, 6.07) is 0.766. The van der Waals surface area contributed by atoms with E-state index in [1.165, 1.54) is 51.6 Å². The minimum atomic E-state index is 0.475. The fourth-order valence-electron chi connectivity index (χ4n) is 4.45. The van der Waals surface area contributed by atoms with Gasteiger partial charge in [-0.05, 0) is 74.9 Å². The fraction of sp³-hybridized carbons (Fsp3) is 1.00. The van der Waals surface area contributed by atoms with Crippen molar-refractivity contribution >= 4 is 0 Å². The van der Waals surface area contributed by atoms with E-state index in [2.05, 4.69) is 32.6 Å². The van der Waals surface area contributed by atoms with Gasteiger partial charge in [-0.2, -0.15) is 0 Å². The van der Waals surface area contributed by atoms with Crippen LogP contribution in [0.4, 0.5) is 0 Å². The second-order valence-electron chi connectivity index (χ2n) is 8.51. The largest absolute Gasteiger partial charge is 0.330 e. The molecule has 2 fully saturated rings. The van der Waals surface area contributed by atoms with E-state index in [0.717, 1.165) is 30.3 Å². The van der Waals surface area contributed by atoms with Crippen molar-refractivity contribution in [2.45, 2.75) is 72.3 Å². The molecule has 1 saturated heterocycles. The Bertz CT molecular complexity index is 294. The van der Waals surface area contributed by atoms with Crippen LogP contribution in [-0.4, -0.2) is 30.6 Å². The van der Waals surface area contributed by atoms with E-state index in [0.29, 0.717) is 5.41 Å². The molecular weight excluding hydrogens is 244 g/mol. The quantitative estimate of drug-likeness (QED) is 0.831. The summed E-state index contributed by atoms with van der Waals surface area (Å²) < 4.78 is 0. The Hall–Kier alpha value is -0.0800. The molecule has 4 unspecified atom stereocenters. The molecular formula is C18H36N2. The predicted molar refractivity (Wildman–Crippen MR) is 87.7 cm³/mol. The lowest BCUT2D eigenvalue weighted by atomic mass is 9.76. The third kappa shape index (κ3) is 3.98. The third-order valence-electron chi connectivity index (χ3n) is 5.98. The van der Waals surface area contributed by atoms with Crippen molar-refractivity contribution in [3.05, 3.63) is 0 Å². The zero-order valence-corrected chi connectivity index (χ0v) is 14.2. The molecule has 0 radical (unpaired) electrons. The minimum Gasteiger partial charge on any atom is -0.330 e. The smallest absolute Gasteiger partial charge is 0.0138 e. The van der Waals surface area contributed by atoms with Gasteiger partial charge in [0.05, 0.1) is 0 Å². The van der Waals surface area contributed by atoms with E-state index in [1.807, 2.05) is 0 Å². The van der Waals surface area contributed by atoms with Crippen LogP contribution in [0.1, 0.15) is 66.2 Å². The van der Waals surface area contributed by atoms with Gasteiger partial charge < -0.3 is 10.6 Å². The lowest BCUT2D eigenvalue weighted by Gasteiger charge is -2.41.